The molecule has 5 aromatic carbocycles. The molecular weight excluding hydrogens is 824 g/mol. The minimum absolute atomic E-state index is 0. The Morgan fingerprint density at radius 3 is 2.08 bits per heavy atom. The third-order valence-electron chi connectivity index (χ3n) is 8.75. The van der Waals surface area contributed by atoms with Gasteiger partial charge in [0.15, 0.2) is 0 Å². The van der Waals surface area contributed by atoms with Crippen LogP contribution in [0.2, 0.25) is 19.6 Å². The van der Waals surface area contributed by atoms with E-state index in [0.29, 0.717) is 11.2 Å². The van der Waals surface area contributed by atoms with Crippen molar-refractivity contribution in [2.45, 2.75) is 32.5 Å². The first kappa shape index (κ1) is 35.8. The number of hydrogen-bond acceptors (Lipinski definition) is 3. The second-order valence-corrected chi connectivity index (χ2v) is 18.5. The Bertz CT molecular complexity index is 2370. The summed E-state index contributed by atoms with van der Waals surface area (Å²) in [5.41, 5.74) is 10.0. The molecule has 0 atom stereocenters. The summed E-state index contributed by atoms with van der Waals surface area (Å²) in [6.07, 6.45) is 5.70. The van der Waals surface area contributed by atoms with E-state index >= 15 is 0 Å². The zero-order valence-electron chi connectivity index (χ0n) is 28.8. The van der Waals surface area contributed by atoms with Gasteiger partial charge in [0.2, 0.25) is 0 Å². The van der Waals surface area contributed by atoms with Crippen molar-refractivity contribution < 1.29 is 28.9 Å². The van der Waals surface area contributed by atoms with Crippen molar-refractivity contribution in [2.75, 3.05) is 0 Å². The van der Waals surface area contributed by atoms with Crippen LogP contribution in [-0.2, 0) is 32.9 Å². The number of halogens is 1. The molecule has 1 radical (unpaired) electrons. The van der Waals surface area contributed by atoms with E-state index in [1.807, 2.05) is 60.8 Å². The molecule has 0 aliphatic heterocycles. The topological polar surface area (TPSA) is 38.9 Å². The van der Waals surface area contributed by atoms with Crippen molar-refractivity contribution in [1.82, 2.24) is 9.97 Å². The van der Waals surface area contributed by atoms with Gasteiger partial charge < -0.3 is 14.4 Å². The fraction of sp³-hybridized carbons (Fsp3) is 0.111. The molecule has 255 valence electrons. The summed E-state index contributed by atoms with van der Waals surface area (Å²) >= 11 is 0. The van der Waals surface area contributed by atoms with E-state index in [2.05, 4.69) is 104 Å². The van der Waals surface area contributed by atoms with Crippen molar-refractivity contribution in [3.8, 4) is 22.5 Å². The molecule has 0 amide bonds. The van der Waals surface area contributed by atoms with Crippen LogP contribution in [0.4, 0.5) is 4.39 Å². The predicted octanol–water partition coefficient (Wildman–Crippen LogP) is 10.9. The van der Waals surface area contributed by atoms with Crippen LogP contribution in [0.15, 0.2) is 150 Å². The Labute approximate surface area is 313 Å². The number of fused-ring (bicyclic) bond motifs is 3. The number of aromatic nitrogens is 2. The molecule has 3 aromatic heterocycles. The van der Waals surface area contributed by atoms with Gasteiger partial charge in [0.1, 0.15) is 11.4 Å². The zero-order valence-corrected chi connectivity index (χ0v) is 32.2. The smallest absolute Gasteiger partial charge is 0.126 e. The van der Waals surface area contributed by atoms with Crippen LogP contribution in [0.25, 0.3) is 44.5 Å². The Kier molecular flexibility index (Phi) is 11.2. The van der Waals surface area contributed by atoms with Crippen molar-refractivity contribution in [3.05, 3.63) is 186 Å². The number of benzene rings is 5. The first-order chi connectivity index (χ1) is 24.3. The molecule has 0 aliphatic rings. The average Bonchev–Trinajstić information content (AvgIpc) is 3.50. The van der Waals surface area contributed by atoms with Gasteiger partial charge in [-0.2, -0.15) is 0 Å². The summed E-state index contributed by atoms with van der Waals surface area (Å²) in [5, 5.41) is 3.28. The molecule has 8 rings (SSSR count). The summed E-state index contributed by atoms with van der Waals surface area (Å²) in [4.78, 5) is 9.24. The fourth-order valence-electron chi connectivity index (χ4n) is 6.29. The molecule has 51 heavy (non-hydrogen) atoms. The van der Waals surface area contributed by atoms with Crippen LogP contribution in [0, 0.1) is 17.9 Å². The van der Waals surface area contributed by atoms with E-state index < -0.39 is 8.07 Å². The number of nitrogens with zero attached hydrogens (tertiary/aromatic N) is 2. The first-order valence-corrected chi connectivity index (χ1v) is 20.3. The monoisotopic (exact) mass is 861 g/mol. The van der Waals surface area contributed by atoms with Crippen molar-refractivity contribution in [2.24, 2.45) is 0 Å². The summed E-state index contributed by atoms with van der Waals surface area (Å²) in [5.74, 6) is -0.310. The van der Waals surface area contributed by atoms with Gasteiger partial charge in [-0.05, 0) is 64.3 Å². The molecule has 0 unspecified atom stereocenters. The number of hydrogen-bond donors (Lipinski definition) is 0. The number of furan rings is 1. The quantitative estimate of drug-likeness (QED) is 0.118. The van der Waals surface area contributed by atoms with Gasteiger partial charge >= 0.3 is 0 Å². The van der Waals surface area contributed by atoms with Crippen molar-refractivity contribution >= 4 is 35.2 Å². The van der Waals surface area contributed by atoms with Crippen LogP contribution in [0.5, 0.6) is 0 Å². The number of rotatable bonds is 7. The molecule has 3 heterocycles. The molecular formula is C45H37FIrN2OSi-2. The van der Waals surface area contributed by atoms with Gasteiger partial charge in [-0.1, -0.05) is 109 Å². The first-order valence-electron chi connectivity index (χ1n) is 16.8. The molecule has 3 nitrogen and oxygen atoms in total. The summed E-state index contributed by atoms with van der Waals surface area (Å²) in [6, 6.07) is 50.3. The van der Waals surface area contributed by atoms with Crippen molar-refractivity contribution in [3.63, 3.8) is 0 Å². The molecule has 0 saturated carbocycles. The third-order valence-corrected chi connectivity index (χ3v) is 10.8. The van der Waals surface area contributed by atoms with Crippen LogP contribution in [0.3, 0.4) is 0 Å². The van der Waals surface area contributed by atoms with Crippen LogP contribution in [0.1, 0.15) is 22.3 Å². The maximum absolute atomic E-state index is 13.6. The van der Waals surface area contributed by atoms with Gasteiger partial charge in [-0.25, -0.2) is 4.39 Å². The second kappa shape index (κ2) is 15.9. The fourth-order valence-corrected chi connectivity index (χ4v) is 7.87. The average molecular weight is 861 g/mol. The van der Waals surface area contributed by atoms with E-state index in [-0.39, 0.29) is 25.9 Å². The van der Waals surface area contributed by atoms with Gasteiger partial charge in [-0.3, -0.25) is 0 Å². The minimum atomic E-state index is -1.43. The molecule has 0 N–H and O–H groups in total. The summed E-state index contributed by atoms with van der Waals surface area (Å²) in [6.45, 7) is 7.15. The third kappa shape index (κ3) is 8.49. The maximum atomic E-state index is 13.6. The van der Waals surface area contributed by atoms with Crippen molar-refractivity contribution in [1.29, 1.82) is 0 Å². The SMILES string of the molecule is C[Si](C)(C)c1cnc(-c2[c-]cccc2)cc1Cc1ccccc1.Fc1ccc2c(c1)oc1c(-c3cc(Cc4ccccc4)ccn3)[c-]ccc12.[Ir]. The Morgan fingerprint density at radius 2 is 1.37 bits per heavy atom. The molecule has 0 bridgehead atoms. The van der Waals surface area contributed by atoms with E-state index in [0.717, 1.165) is 46.1 Å². The standard InChI is InChI=1S/C24H15FNO.C21H22NSi.Ir/c25-18-9-10-19-20-7-4-8-21(24(20)27-23(19)15-18)22-14-17(11-12-26-22)13-16-5-2-1-3-6-16;1-23(2,3)21-16-22-20(18-12-8-5-9-13-18)15-19(21)14-17-10-6-4-7-11-17;/h1-7,9-12,14-15H,13H2;4-12,15-16H,14H2,1-3H3;/q2*-1;. The van der Waals surface area contributed by atoms with Gasteiger partial charge in [0, 0.05) is 44.0 Å². The van der Waals surface area contributed by atoms with E-state index in [9.17, 15) is 4.39 Å². The Balaban J connectivity index is 0.000000175. The molecule has 0 saturated heterocycles. The van der Waals surface area contributed by atoms with Gasteiger partial charge in [0.05, 0.1) is 13.7 Å². The molecule has 0 aliphatic carbocycles. The molecule has 0 fully saturated rings. The molecule has 0 spiro atoms. The molecule has 8 aromatic rings. The normalized spacial score (nSPS) is 11.1. The maximum Gasteiger partial charge on any atom is 0.126 e. The van der Waals surface area contributed by atoms with Gasteiger partial charge in [0.25, 0.3) is 0 Å². The summed E-state index contributed by atoms with van der Waals surface area (Å²) < 4.78 is 19.5. The minimum Gasteiger partial charge on any atom is -0.500 e. The van der Waals surface area contributed by atoms with Crippen LogP contribution in [-0.4, -0.2) is 18.0 Å². The number of pyridine rings is 2. The predicted molar refractivity (Wildman–Crippen MR) is 206 cm³/mol. The van der Waals surface area contributed by atoms with E-state index in [1.54, 1.807) is 6.07 Å². The molecule has 6 heteroatoms. The summed E-state index contributed by atoms with van der Waals surface area (Å²) in [7, 11) is -1.43. The van der Waals surface area contributed by atoms with E-state index in [4.69, 9.17) is 9.40 Å². The van der Waals surface area contributed by atoms with Crippen LogP contribution >= 0.6 is 0 Å². The second-order valence-electron chi connectivity index (χ2n) is 13.5. The largest absolute Gasteiger partial charge is 0.500 e. The van der Waals surface area contributed by atoms with Crippen LogP contribution < -0.4 is 5.19 Å². The Hall–Kier alpha value is -5.00. The Morgan fingerprint density at radius 1 is 0.647 bits per heavy atom. The zero-order chi connectivity index (χ0) is 34.5. The van der Waals surface area contributed by atoms with E-state index in [1.165, 1.54) is 39.6 Å². The van der Waals surface area contributed by atoms with Gasteiger partial charge in [-0.15, -0.1) is 54.1 Å².